The molecule has 0 aliphatic heterocycles. The van der Waals surface area contributed by atoms with Gasteiger partial charge in [-0.25, -0.2) is 4.98 Å². The van der Waals surface area contributed by atoms with Crippen LogP contribution in [0, 0.1) is 13.8 Å². The second kappa shape index (κ2) is 8.70. The molecular formula is C24H22ClN3O3. The van der Waals surface area contributed by atoms with Crippen molar-refractivity contribution in [2.45, 2.75) is 13.8 Å². The summed E-state index contributed by atoms with van der Waals surface area (Å²) in [5.74, 6) is 1.55. The Morgan fingerprint density at radius 3 is 2.55 bits per heavy atom. The fourth-order valence-electron chi connectivity index (χ4n) is 3.37. The number of H-pyrrole nitrogens is 1. The zero-order valence-corrected chi connectivity index (χ0v) is 18.2. The normalized spacial score (nSPS) is 10.8. The number of methoxy groups -OCH3 is 1. The number of benzene rings is 3. The summed E-state index contributed by atoms with van der Waals surface area (Å²) in [6.45, 7) is 3.66. The number of aryl methyl sites for hydroxylation is 2. The highest BCUT2D eigenvalue weighted by atomic mass is 35.5. The molecule has 4 rings (SSSR count). The van der Waals surface area contributed by atoms with Gasteiger partial charge in [0.15, 0.2) is 6.61 Å². The SMILES string of the molecule is COc1ccc(-c2nc3ccccc3[nH]2)cc1NC(=O)COc1cc(C)c(Cl)c(C)c1. The van der Waals surface area contributed by atoms with Gasteiger partial charge in [-0.1, -0.05) is 23.7 Å². The van der Waals surface area contributed by atoms with Crippen molar-refractivity contribution in [3.05, 3.63) is 70.7 Å². The molecule has 6 nitrogen and oxygen atoms in total. The van der Waals surface area contributed by atoms with Crippen LogP contribution in [0.1, 0.15) is 11.1 Å². The summed E-state index contributed by atoms with van der Waals surface area (Å²) in [5.41, 5.74) is 4.99. The number of rotatable bonds is 6. The summed E-state index contributed by atoms with van der Waals surface area (Å²) < 4.78 is 11.1. The minimum absolute atomic E-state index is 0.140. The molecule has 0 atom stereocenters. The van der Waals surface area contributed by atoms with Crippen LogP contribution < -0.4 is 14.8 Å². The van der Waals surface area contributed by atoms with Gasteiger partial charge in [0.2, 0.25) is 0 Å². The van der Waals surface area contributed by atoms with Crippen LogP contribution in [0.15, 0.2) is 54.6 Å². The van der Waals surface area contributed by atoms with Crippen molar-refractivity contribution in [1.29, 1.82) is 0 Å². The smallest absolute Gasteiger partial charge is 0.262 e. The number of imidazole rings is 1. The molecule has 4 aromatic rings. The van der Waals surface area contributed by atoms with E-state index in [-0.39, 0.29) is 12.5 Å². The van der Waals surface area contributed by atoms with Gasteiger partial charge in [-0.3, -0.25) is 4.79 Å². The number of hydrogen-bond acceptors (Lipinski definition) is 4. The van der Waals surface area contributed by atoms with Crippen LogP contribution in [0.3, 0.4) is 0 Å². The third-order valence-electron chi connectivity index (χ3n) is 4.92. The van der Waals surface area contributed by atoms with E-state index in [1.54, 1.807) is 13.2 Å². The van der Waals surface area contributed by atoms with Crippen LogP contribution in [-0.2, 0) is 4.79 Å². The second-order valence-electron chi connectivity index (χ2n) is 7.23. The van der Waals surface area contributed by atoms with Crippen molar-refractivity contribution in [2.75, 3.05) is 19.0 Å². The molecule has 0 saturated carbocycles. The van der Waals surface area contributed by atoms with Crippen LogP contribution >= 0.6 is 11.6 Å². The summed E-state index contributed by atoms with van der Waals surface area (Å²) in [5, 5.41) is 3.56. The monoisotopic (exact) mass is 435 g/mol. The summed E-state index contributed by atoms with van der Waals surface area (Å²) in [7, 11) is 1.56. The van der Waals surface area contributed by atoms with Gasteiger partial charge in [0.25, 0.3) is 5.91 Å². The lowest BCUT2D eigenvalue weighted by Gasteiger charge is -2.13. The first kappa shape index (κ1) is 20.8. The van der Waals surface area contributed by atoms with E-state index in [4.69, 9.17) is 21.1 Å². The molecule has 0 unspecified atom stereocenters. The third-order valence-corrected chi connectivity index (χ3v) is 5.51. The molecule has 0 spiro atoms. The van der Waals surface area contributed by atoms with E-state index in [0.717, 1.165) is 27.7 Å². The number of aromatic amines is 1. The molecular weight excluding hydrogens is 414 g/mol. The number of fused-ring (bicyclic) bond motifs is 1. The first-order chi connectivity index (χ1) is 14.9. The Balaban J connectivity index is 1.51. The molecule has 2 N–H and O–H groups in total. The maximum absolute atomic E-state index is 12.5. The van der Waals surface area contributed by atoms with Crippen LogP contribution in [-0.4, -0.2) is 29.6 Å². The molecule has 0 bridgehead atoms. The Bertz CT molecular complexity index is 1210. The number of para-hydroxylation sites is 2. The molecule has 0 aliphatic carbocycles. The Morgan fingerprint density at radius 1 is 1.10 bits per heavy atom. The number of aromatic nitrogens is 2. The molecule has 1 heterocycles. The molecule has 7 heteroatoms. The molecule has 3 aromatic carbocycles. The van der Waals surface area contributed by atoms with E-state index in [1.807, 2.05) is 62.4 Å². The van der Waals surface area contributed by atoms with Gasteiger partial charge in [-0.15, -0.1) is 0 Å². The lowest BCUT2D eigenvalue weighted by atomic mass is 10.1. The highest BCUT2D eigenvalue weighted by Gasteiger charge is 2.13. The minimum Gasteiger partial charge on any atom is -0.495 e. The van der Waals surface area contributed by atoms with Crippen molar-refractivity contribution in [2.24, 2.45) is 0 Å². The number of carbonyl (C=O) groups is 1. The maximum Gasteiger partial charge on any atom is 0.262 e. The summed E-state index contributed by atoms with van der Waals surface area (Å²) >= 11 is 6.19. The van der Waals surface area contributed by atoms with E-state index >= 15 is 0 Å². The minimum atomic E-state index is -0.301. The van der Waals surface area contributed by atoms with Crippen LogP contribution in [0.2, 0.25) is 5.02 Å². The van der Waals surface area contributed by atoms with Crippen molar-refractivity contribution >= 4 is 34.2 Å². The number of ether oxygens (including phenoxy) is 2. The van der Waals surface area contributed by atoms with Gasteiger partial charge in [-0.05, 0) is 67.4 Å². The lowest BCUT2D eigenvalue weighted by molar-refractivity contribution is -0.118. The van der Waals surface area contributed by atoms with Crippen LogP contribution in [0.4, 0.5) is 5.69 Å². The molecule has 0 fully saturated rings. The van der Waals surface area contributed by atoms with Gasteiger partial charge >= 0.3 is 0 Å². The average molecular weight is 436 g/mol. The number of nitrogens with zero attached hydrogens (tertiary/aromatic N) is 1. The molecule has 0 saturated heterocycles. The number of amides is 1. The van der Waals surface area contributed by atoms with Gasteiger partial charge in [0.05, 0.1) is 23.8 Å². The number of hydrogen-bond donors (Lipinski definition) is 2. The molecule has 0 radical (unpaired) electrons. The van der Waals surface area contributed by atoms with Gasteiger partial charge in [-0.2, -0.15) is 0 Å². The molecule has 158 valence electrons. The molecule has 1 amide bonds. The van der Waals surface area contributed by atoms with E-state index in [0.29, 0.717) is 28.0 Å². The van der Waals surface area contributed by atoms with E-state index in [2.05, 4.69) is 15.3 Å². The maximum atomic E-state index is 12.5. The fourth-order valence-corrected chi connectivity index (χ4v) is 3.48. The second-order valence-corrected chi connectivity index (χ2v) is 7.60. The Kier molecular flexibility index (Phi) is 5.82. The predicted molar refractivity (Wildman–Crippen MR) is 123 cm³/mol. The standard InChI is InChI=1S/C24H22ClN3O3/c1-14-10-17(11-15(2)23(14)25)31-13-22(29)26-20-12-16(8-9-21(20)30-3)24-27-18-6-4-5-7-19(18)28-24/h4-12H,13H2,1-3H3,(H,26,29)(H,27,28). The number of carbonyl (C=O) groups excluding carboxylic acids is 1. The summed E-state index contributed by atoms with van der Waals surface area (Å²) in [4.78, 5) is 20.4. The van der Waals surface area contributed by atoms with Gasteiger partial charge in [0, 0.05) is 10.6 Å². The Labute approximate surface area is 185 Å². The van der Waals surface area contributed by atoms with Crippen LogP contribution in [0.25, 0.3) is 22.4 Å². The van der Waals surface area contributed by atoms with Crippen molar-refractivity contribution in [3.63, 3.8) is 0 Å². The zero-order valence-electron chi connectivity index (χ0n) is 17.5. The first-order valence-corrected chi connectivity index (χ1v) is 10.1. The van der Waals surface area contributed by atoms with E-state index < -0.39 is 0 Å². The fraction of sp³-hybridized carbons (Fsp3) is 0.167. The molecule has 31 heavy (non-hydrogen) atoms. The van der Waals surface area contributed by atoms with E-state index in [1.165, 1.54) is 0 Å². The quantitative estimate of drug-likeness (QED) is 0.417. The third kappa shape index (κ3) is 4.49. The highest BCUT2D eigenvalue weighted by molar-refractivity contribution is 6.32. The number of halogens is 1. The zero-order chi connectivity index (χ0) is 22.0. The first-order valence-electron chi connectivity index (χ1n) is 9.77. The van der Waals surface area contributed by atoms with Crippen molar-refractivity contribution < 1.29 is 14.3 Å². The summed E-state index contributed by atoms with van der Waals surface area (Å²) in [6, 6.07) is 16.9. The summed E-state index contributed by atoms with van der Waals surface area (Å²) in [6.07, 6.45) is 0. The Morgan fingerprint density at radius 2 is 1.84 bits per heavy atom. The van der Waals surface area contributed by atoms with Gasteiger partial charge < -0.3 is 19.8 Å². The predicted octanol–water partition coefficient (Wildman–Crippen LogP) is 5.53. The number of anilines is 1. The Hall–Kier alpha value is -3.51. The van der Waals surface area contributed by atoms with Gasteiger partial charge in [0.1, 0.15) is 17.3 Å². The van der Waals surface area contributed by atoms with Crippen molar-refractivity contribution in [3.8, 4) is 22.9 Å². The van der Waals surface area contributed by atoms with Crippen LogP contribution in [0.5, 0.6) is 11.5 Å². The highest BCUT2D eigenvalue weighted by Crippen LogP contribution is 2.31. The largest absolute Gasteiger partial charge is 0.495 e. The molecule has 1 aromatic heterocycles. The van der Waals surface area contributed by atoms with Crippen molar-refractivity contribution in [1.82, 2.24) is 9.97 Å². The van der Waals surface area contributed by atoms with E-state index in [9.17, 15) is 4.79 Å². The average Bonchev–Trinajstić information content (AvgIpc) is 3.20. The number of nitrogens with one attached hydrogen (secondary N) is 2. The lowest BCUT2D eigenvalue weighted by Crippen LogP contribution is -2.20. The molecule has 0 aliphatic rings. The topological polar surface area (TPSA) is 76.2 Å².